The number of aryl methyl sites for hydroxylation is 1. The van der Waals surface area contributed by atoms with Gasteiger partial charge in [-0.3, -0.25) is 4.79 Å². The van der Waals surface area contributed by atoms with Crippen molar-refractivity contribution in [1.29, 1.82) is 0 Å². The molecule has 0 aliphatic rings. The summed E-state index contributed by atoms with van der Waals surface area (Å²) in [4.78, 5) is 10.2. The Bertz CT molecular complexity index is 355. The smallest absolute Gasteiger partial charge is 0.303 e. The SMILES string of the molecule is Cc1cc(Cl)ccc1OCCCC(=O)O.[K]. The van der Waals surface area contributed by atoms with E-state index in [1.165, 1.54) is 0 Å². The minimum absolute atomic E-state index is 0. The third-order valence-corrected chi connectivity index (χ3v) is 2.16. The first-order valence-electron chi connectivity index (χ1n) is 4.70. The predicted octanol–water partition coefficient (Wildman–Crippen LogP) is 2.51. The van der Waals surface area contributed by atoms with Crippen LogP contribution in [0.3, 0.4) is 0 Å². The zero-order valence-electron chi connectivity index (χ0n) is 9.50. The summed E-state index contributed by atoms with van der Waals surface area (Å²) >= 11 is 5.79. The number of ether oxygens (including phenoxy) is 1. The first-order chi connectivity index (χ1) is 7.09. The van der Waals surface area contributed by atoms with E-state index in [0.717, 1.165) is 11.3 Å². The van der Waals surface area contributed by atoms with Gasteiger partial charge in [-0.25, -0.2) is 0 Å². The fourth-order valence-electron chi connectivity index (χ4n) is 1.18. The molecule has 0 unspecified atom stereocenters. The average molecular weight is 268 g/mol. The van der Waals surface area contributed by atoms with Crippen LogP contribution in [0, 0.1) is 6.92 Å². The molecule has 1 aromatic carbocycles. The monoisotopic (exact) mass is 267 g/mol. The van der Waals surface area contributed by atoms with Crippen LogP contribution >= 0.6 is 11.6 Å². The molecule has 1 radical (unpaired) electrons. The van der Waals surface area contributed by atoms with Crippen molar-refractivity contribution >= 4 is 69.0 Å². The molecule has 0 saturated heterocycles. The molecule has 0 fully saturated rings. The van der Waals surface area contributed by atoms with Gasteiger partial charge in [-0.1, -0.05) is 11.6 Å². The summed E-state index contributed by atoms with van der Waals surface area (Å²) in [6, 6.07) is 5.35. The number of aliphatic carboxylic acids is 1. The van der Waals surface area contributed by atoms with Crippen LogP contribution in [0.15, 0.2) is 18.2 Å². The van der Waals surface area contributed by atoms with Crippen molar-refractivity contribution < 1.29 is 14.6 Å². The Morgan fingerprint density at radius 2 is 2.19 bits per heavy atom. The maximum atomic E-state index is 10.2. The van der Waals surface area contributed by atoms with E-state index in [9.17, 15) is 4.79 Å². The van der Waals surface area contributed by atoms with Crippen LogP contribution in [0.1, 0.15) is 18.4 Å². The van der Waals surface area contributed by atoms with E-state index >= 15 is 0 Å². The van der Waals surface area contributed by atoms with Gasteiger partial charge in [0.05, 0.1) is 6.61 Å². The summed E-state index contributed by atoms with van der Waals surface area (Å²) < 4.78 is 5.42. The molecule has 5 heteroatoms. The zero-order valence-corrected chi connectivity index (χ0v) is 13.4. The molecule has 0 atom stereocenters. The van der Waals surface area contributed by atoms with Crippen LogP contribution in [0.4, 0.5) is 0 Å². The fourth-order valence-corrected chi connectivity index (χ4v) is 1.41. The molecule has 0 aliphatic heterocycles. The molecule has 0 bridgehead atoms. The van der Waals surface area contributed by atoms with Gasteiger partial charge in [-0.05, 0) is 37.1 Å². The predicted molar refractivity (Wildman–Crippen MR) is 64.3 cm³/mol. The number of halogens is 1. The van der Waals surface area contributed by atoms with Gasteiger partial charge in [0.2, 0.25) is 0 Å². The summed E-state index contributed by atoms with van der Waals surface area (Å²) in [5.74, 6) is -0.0452. The van der Waals surface area contributed by atoms with Crippen LogP contribution in [0.2, 0.25) is 5.02 Å². The molecule has 1 aromatic rings. The first kappa shape index (κ1) is 16.4. The Balaban J connectivity index is 0.00000225. The molecule has 0 heterocycles. The fraction of sp³-hybridized carbons (Fsp3) is 0.364. The molecular formula is C11H13ClKO3. The van der Waals surface area contributed by atoms with Crippen LogP contribution in [0.25, 0.3) is 0 Å². The molecule has 0 amide bonds. The van der Waals surface area contributed by atoms with E-state index in [2.05, 4.69) is 0 Å². The summed E-state index contributed by atoms with van der Waals surface area (Å²) in [5, 5.41) is 9.10. The molecule has 0 aromatic heterocycles. The molecule has 1 N–H and O–H groups in total. The number of hydrogen-bond acceptors (Lipinski definition) is 2. The summed E-state index contributed by atoms with van der Waals surface area (Å²) in [6.07, 6.45) is 0.643. The minimum Gasteiger partial charge on any atom is -0.493 e. The van der Waals surface area contributed by atoms with E-state index < -0.39 is 5.97 Å². The van der Waals surface area contributed by atoms with E-state index in [0.29, 0.717) is 18.1 Å². The van der Waals surface area contributed by atoms with E-state index in [1.807, 2.05) is 13.0 Å². The van der Waals surface area contributed by atoms with Gasteiger partial charge >= 0.3 is 5.97 Å². The van der Waals surface area contributed by atoms with Gasteiger partial charge in [-0.15, -0.1) is 0 Å². The van der Waals surface area contributed by atoms with Crippen molar-refractivity contribution in [2.75, 3.05) is 6.61 Å². The summed E-state index contributed by atoms with van der Waals surface area (Å²) in [5.41, 5.74) is 0.956. The van der Waals surface area contributed by atoms with E-state index in [4.69, 9.17) is 21.4 Å². The van der Waals surface area contributed by atoms with E-state index in [-0.39, 0.29) is 57.8 Å². The molecule has 0 saturated carbocycles. The van der Waals surface area contributed by atoms with Gasteiger partial charge < -0.3 is 9.84 Å². The third-order valence-electron chi connectivity index (χ3n) is 1.93. The number of hydrogen-bond donors (Lipinski definition) is 1. The third kappa shape index (κ3) is 6.23. The van der Waals surface area contributed by atoms with Crippen LogP contribution in [-0.4, -0.2) is 69.1 Å². The van der Waals surface area contributed by atoms with Crippen LogP contribution in [-0.2, 0) is 4.79 Å². The number of benzene rings is 1. The maximum absolute atomic E-state index is 10.2. The normalized spacial score (nSPS) is 9.38. The van der Waals surface area contributed by atoms with Crippen molar-refractivity contribution in [3.8, 4) is 5.75 Å². The van der Waals surface area contributed by atoms with Crippen molar-refractivity contribution in [3.63, 3.8) is 0 Å². The number of rotatable bonds is 5. The Morgan fingerprint density at radius 1 is 1.50 bits per heavy atom. The topological polar surface area (TPSA) is 46.5 Å². The number of carboxylic acids is 1. The van der Waals surface area contributed by atoms with Crippen LogP contribution in [0.5, 0.6) is 5.75 Å². The van der Waals surface area contributed by atoms with Gasteiger partial charge in [0.1, 0.15) is 5.75 Å². The van der Waals surface area contributed by atoms with Gasteiger partial charge in [0.25, 0.3) is 0 Å². The van der Waals surface area contributed by atoms with Gasteiger partial charge in [-0.2, -0.15) is 0 Å². The Labute approximate surface area is 143 Å². The zero-order chi connectivity index (χ0) is 11.3. The first-order valence-corrected chi connectivity index (χ1v) is 5.08. The maximum Gasteiger partial charge on any atom is 0.303 e. The number of carbonyl (C=O) groups is 1. The van der Waals surface area contributed by atoms with Gasteiger partial charge in [0.15, 0.2) is 0 Å². The van der Waals surface area contributed by atoms with Crippen molar-refractivity contribution in [2.24, 2.45) is 0 Å². The van der Waals surface area contributed by atoms with Gasteiger partial charge in [0, 0.05) is 62.8 Å². The van der Waals surface area contributed by atoms with Crippen molar-refractivity contribution in [3.05, 3.63) is 28.8 Å². The van der Waals surface area contributed by atoms with Crippen molar-refractivity contribution in [1.82, 2.24) is 0 Å². The second-order valence-corrected chi connectivity index (χ2v) is 3.69. The molecule has 0 spiro atoms. The Hall–Kier alpha value is 0.416. The number of carboxylic acid groups (broad SMARTS) is 1. The molecular weight excluding hydrogens is 255 g/mol. The summed E-state index contributed by atoms with van der Waals surface area (Å²) in [6.45, 7) is 2.31. The van der Waals surface area contributed by atoms with Crippen LogP contribution < -0.4 is 4.74 Å². The largest absolute Gasteiger partial charge is 0.493 e. The minimum atomic E-state index is -0.800. The Kier molecular flexibility index (Phi) is 8.72. The molecule has 83 valence electrons. The average Bonchev–Trinajstić information content (AvgIpc) is 2.14. The standard InChI is InChI=1S/C11H13ClO3.K/c1-8-7-9(12)4-5-10(8)15-6-2-3-11(13)14;/h4-5,7H,2-3,6H2,1H3,(H,13,14);. The summed E-state index contributed by atoms with van der Waals surface area (Å²) in [7, 11) is 0. The molecule has 1 rings (SSSR count). The second kappa shape index (κ2) is 8.50. The molecule has 3 nitrogen and oxygen atoms in total. The molecule has 16 heavy (non-hydrogen) atoms. The van der Waals surface area contributed by atoms with Crippen molar-refractivity contribution in [2.45, 2.75) is 19.8 Å². The molecule has 0 aliphatic carbocycles. The second-order valence-electron chi connectivity index (χ2n) is 3.26. The van der Waals surface area contributed by atoms with E-state index in [1.54, 1.807) is 12.1 Å². The Morgan fingerprint density at radius 3 is 2.75 bits per heavy atom. The quantitative estimate of drug-likeness (QED) is 0.659.